The van der Waals surface area contributed by atoms with Crippen molar-refractivity contribution in [2.24, 2.45) is 0 Å². The van der Waals surface area contributed by atoms with Gasteiger partial charge in [0.25, 0.3) is 5.91 Å². The Bertz CT molecular complexity index is 883. The highest BCUT2D eigenvalue weighted by Gasteiger charge is 2.10. The highest BCUT2D eigenvalue weighted by atomic mass is 16.2. The average molecular weight is 346 g/mol. The first-order valence-corrected chi connectivity index (χ1v) is 8.11. The van der Waals surface area contributed by atoms with Crippen LogP contribution in [0, 0.1) is 0 Å². The van der Waals surface area contributed by atoms with Crippen LogP contribution in [0.15, 0.2) is 79.1 Å². The average Bonchev–Trinajstić information content (AvgIpc) is 2.69. The Morgan fingerprint density at radius 2 is 1.58 bits per heavy atom. The van der Waals surface area contributed by atoms with E-state index in [4.69, 9.17) is 0 Å². The molecule has 2 aromatic carbocycles. The lowest BCUT2D eigenvalue weighted by Crippen LogP contribution is -2.33. The third-order valence-corrected chi connectivity index (χ3v) is 3.59. The van der Waals surface area contributed by atoms with E-state index in [0.717, 1.165) is 11.4 Å². The minimum absolute atomic E-state index is 0.132. The summed E-state index contributed by atoms with van der Waals surface area (Å²) in [7, 11) is 0. The molecule has 0 fully saturated rings. The van der Waals surface area contributed by atoms with Gasteiger partial charge >= 0.3 is 0 Å². The molecule has 3 rings (SSSR count). The smallest absolute Gasteiger partial charge is 0.253 e. The van der Waals surface area contributed by atoms with E-state index in [2.05, 4.69) is 20.9 Å². The Kier molecular flexibility index (Phi) is 5.57. The molecule has 1 aromatic heterocycles. The van der Waals surface area contributed by atoms with Crippen LogP contribution in [0.2, 0.25) is 0 Å². The maximum absolute atomic E-state index is 12.2. The molecule has 0 aliphatic rings. The Balaban J connectivity index is 1.60. The van der Waals surface area contributed by atoms with Crippen molar-refractivity contribution in [3.63, 3.8) is 0 Å². The molecule has 0 unspecified atom stereocenters. The van der Waals surface area contributed by atoms with Crippen LogP contribution < -0.4 is 16.0 Å². The lowest BCUT2D eigenvalue weighted by molar-refractivity contribution is -0.115. The Morgan fingerprint density at radius 1 is 0.846 bits per heavy atom. The van der Waals surface area contributed by atoms with E-state index < -0.39 is 0 Å². The zero-order chi connectivity index (χ0) is 18.2. The van der Waals surface area contributed by atoms with Gasteiger partial charge in [-0.15, -0.1) is 0 Å². The van der Waals surface area contributed by atoms with Crippen LogP contribution in [0.5, 0.6) is 0 Å². The van der Waals surface area contributed by atoms with Crippen molar-refractivity contribution in [1.82, 2.24) is 10.3 Å². The van der Waals surface area contributed by atoms with Gasteiger partial charge in [0.1, 0.15) is 0 Å². The second kappa shape index (κ2) is 8.43. The monoisotopic (exact) mass is 346 g/mol. The quantitative estimate of drug-likeness (QED) is 0.640. The van der Waals surface area contributed by atoms with Gasteiger partial charge in [-0.2, -0.15) is 0 Å². The standard InChI is InChI=1S/C20H18N4O2/c25-19(14-22-20(26)15-7-6-12-21-13-15)24-18-11-5-4-10-17(18)23-16-8-2-1-3-9-16/h1-13,23H,14H2,(H,22,26)(H,24,25). The van der Waals surface area contributed by atoms with Crippen molar-refractivity contribution >= 4 is 28.9 Å². The van der Waals surface area contributed by atoms with Gasteiger partial charge in [0.05, 0.1) is 23.5 Å². The molecule has 6 heteroatoms. The van der Waals surface area contributed by atoms with Crippen LogP contribution in [-0.4, -0.2) is 23.3 Å². The van der Waals surface area contributed by atoms with E-state index in [9.17, 15) is 9.59 Å². The van der Waals surface area contributed by atoms with Crippen molar-refractivity contribution < 1.29 is 9.59 Å². The van der Waals surface area contributed by atoms with Gasteiger partial charge in [-0.05, 0) is 36.4 Å². The van der Waals surface area contributed by atoms with E-state index in [0.29, 0.717) is 11.3 Å². The molecular weight excluding hydrogens is 328 g/mol. The van der Waals surface area contributed by atoms with Crippen LogP contribution in [0.1, 0.15) is 10.4 Å². The predicted octanol–water partition coefficient (Wildman–Crippen LogP) is 3.19. The molecule has 1 heterocycles. The molecule has 0 saturated heterocycles. The summed E-state index contributed by atoms with van der Waals surface area (Å²) >= 11 is 0. The number of hydrogen-bond donors (Lipinski definition) is 3. The number of anilines is 3. The maximum atomic E-state index is 12.2. The molecular formula is C20H18N4O2. The Labute approximate surface area is 151 Å². The van der Waals surface area contributed by atoms with Crippen LogP contribution in [0.3, 0.4) is 0 Å². The Hall–Kier alpha value is -3.67. The molecule has 2 amide bonds. The van der Waals surface area contributed by atoms with E-state index >= 15 is 0 Å². The number of amides is 2. The molecule has 0 radical (unpaired) electrons. The number of nitrogens with zero attached hydrogens (tertiary/aromatic N) is 1. The topological polar surface area (TPSA) is 83.1 Å². The third kappa shape index (κ3) is 4.67. The van der Waals surface area contributed by atoms with E-state index in [1.54, 1.807) is 24.4 Å². The van der Waals surface area contributed by atoms with Gasteiger partial charge in [0, 0.05) is 18.1 Å². The fourth-order valence-corrected chi connectivity index (χ4v) is 2.33. The fourth-order valence-electron chi connectivity index (χ4n) is 2.33. The minimum Gasteiger partial charge on any atom is -0.354 e. The number of rotatable bonds is 6. The SMILES string of the molecule is O=C(CNC(=O)c1cccnc1)Nc1ccccc1Nc1ccccc1. The van der Waals surface area contributed by atoms with Gasteiger partial charge in [0.2, 0.25) is 5.91 Å². The number of carbonyl (C=O) groups excluding carboxylic acids is 2. The first-order valence-electron chi connectivity index (χ1n) is 8.11. The highest BCUT2D eigenvalue weighted by Crippen LogP contribution is 2.24. The number of carbonyl (C=O) groups is 2. The molecule has 0 atom stereocenters. The molecule has 0 bridgehead atoms. The zero-order valence-corrected chi connectivity index (χ0v) is 14.0. The summed E-state index contributed by atoms with van der Waals surface area (Å²) in [5, 5.41) is 8.64. The number of pyridine rings is 1. The number of benzene rings is 2. The summed E-state index contributed by atoms with van der Waals surface area (Å²) < 4.78 is 0. The maximum Gasteiger partial charge on any atom is 0.253 e. The van der Waals surface area contributed by atoms with Crippen molar-refractivity contribution in [1.29, 1.82) is 0 Å². The second-order valence-corrected chi connectivity index (χ2v) is 5.51. The van der Waals surface area contributed by atoms with Crippen LogP contribution >= 0.6 is 0 Å². The summed E-state index contributed by atoms with van der Waals surface area (Å²) in [6.45, 7) is -0.132. The minimum atomic E-state index is -0.344. The summed E-state index contributed by atoms with van der Waals surface area (Å²) in [5.74, 6) is -0.659. The number of hydrogen-bond acceptors (Lipinski definition) is 4. The molecule has 0 aliphatic heterocycles. The molecule has 6 nitrogen and oxygen atoms in total. The van der Waals surface area contributed by atoms with Gasteiger partial charge < -0.3 is 16.0 Å². The summed E-state index contributed by atoms with van der Waals surface area (Å²) in [5.41, 5.74) is 2.73. The third-order valence-electron chi connectivity index (χ3n) is 3.59. The van der Waals surface area contributed by atoms with Crippen LogP contribution in [0.25, 0.3) is 0 Å². The normalized spacial score (nSPS) is 10.0. The highest BCUT2D eigenvalue weighted by molar-refractivity contribution is 6.00. The molecule has 130 valence electrons. The van der Waals surface area contributed by atoms with Crippen molar-refractivity contribution in [3.05, 3.63) is 84.7 Å². The van der Waals surface area contributed by atoms with E-state index in [-0.39, 0.29) is 18.4 Å². The van der Waals surface area contributed by atoms with Gasteiger partial charge in [-0.3, -0.25) is 14.6 Å². The molecule has 3 aromatic rings. The van der Waals surface area contributed by atoms with Crippen molar-refractivity contribution in [2.45, 2.75) is 0 Å². The van der Waals surface area contributed by atoms with Gasteiger partial charge in [0.15, 0.2) is 0 Å². The van der Waals surface area contributed by atoms with E-state index in [1.165, 1.54) is 6.20 Å². The Morgan fingerprint density at radius 3 is 2.31 bits per heavy atom. The lowest BCUT2D eigenvalue weighted by atomic mass is 10.2. The molecule has 0 aliphatic carbocycles. The van der Waals surface area contributed by atoms with Gasteiger partial charge in [-0.25, -0.2) is 0 Å². The summed E-state index contributed by atoms with van der Waals surface area (Å²) in [6, 6.07) is 20.4. The predicted molar refractivity (Wildman–Crippen MR) is 101 cm³/mol. The lowest BCUT2D eigenvalue weighted by Gasteiger charge is -2.13. The molecule has 26 heavy (non-hydrogen) atoms. The number of aromatic nitrogens is 1. The largest absolute Gasteiger partial charge is 0.354 e. The fraction of sp³-hybridized carbons (Fsp3) is 0.0500. The van der Waals surface area contributed by atoms with Crippen molar-refractivity contribution in [2.75, 3.05) is 17.2 Å². The number of para-hydroxylation sites is 3. The van der Waals surface area contributed by atoms with E-state index in [1.807, 2.05) is 48.5 Å². The summed E-state index contributed by atoms with van der Waals surface area (Å²) in [6.07, 6.45) is 3.03. The number of nitrogens with one attached hydrogen (secondary N) is 3. The van der Waals surface area contributed by atoms with Crippen molar-refractivity contribution in [3.8, 4) is 0 Å². The first-order chi connectivity index (χ1) is 12.7. The molecule has 3 N–H and O–H groups in total. The first kappa shape index (κ1) is 17.2. The van der Waals surface area contributed by atoms with Gasteiger partial charge in [-0.1, -0.05) is 30.3 Å². The zero-order valence-electron chi connectivity index (χ0n) is 14.0. The van der Waals surface area contributed by atoms with Crippen LogP contribution in [0.4, 0.5) is 17.1 Å². The second-order valence-electron chi connectivity index (χ2n) is 5.51. The summed E-state index contributed by atoms with van der Waals surface area (Å²) in [4.78, 5) is 28.0. The van der Waals surface area contributed by atoms with Crippen LogP contribution in [-0.2, 0) is 4.79 Å². The molecule has 0 saturated carbocycles. The molecule has 0 spiro atoms.